The van der Waals surface area contributed by atoms with Gasteiger partial charge >= 0.3 is 0 Å². The summed E-state index contributed by atoms with van der Waals surface area (Å²) in [5, 5.41) is 2.61. The Labute approximate surface area is 170 Å². The van der Waals surface area contributed by atoms with Crippen LogP contribution in [0.15, 0.2) is 51.8 Å². The molecule has 0 radical (unpaired) electrons. The maximum atomic E-state index is 11.9. The summed E-state index contributed by atoms with van der Waals surface area (Å²) in [5.74, 6) is 1.31. The van der Waals surface area contributed by atoms with Crippen molar-refractivity contribution in [3.8, 4) is 11.5 Å². The Kier molecular flexibility index (Phi) is 6.34. The van der Waals surface area contributed by atoms with E-state index in [0.717, 1.165) is 21.3 Å². The number of carbonyl (C=O) groups excluding carboxylic acids is 1. The summed E-state index contributed by atoms with van der Waals surface area (Å²) in [5.41, 5.74) is 1.95. The van der Waals surface area contributed by atoms with Crippen LogP contribution in [-0.4, -0.2) is 23.4 Å². The molecule has 1 amide bonds. The van der Waals surface area contributed by atoms with Gasteiger partial charge in [-0.2, -0.15) is 0 Å². The van der Waals surface area contributed by atoms with Crippen LogP contribution in [0.4, 0.5) is 0 Å². The summed E-state index contributed by atoms with van der Waals surface area (Å²) in [4.78, 5) is 12.4. The lowest BCUT2D eigenvalue weighted by molar-refractivity contribution is -0.115. The van der Waals surface area contributed by atoms with Gasteiger partial charge in [0.05, 0.1) is 4.91 Å². The predicted octanol–water partition coefficient (Wildman–Crippen LogP) is 4.70. The van der Waals surface area contributed by atoms with Gasteiger partial charge in [-0.15, -0.1) is 0 Å². The molecule has 7 heteroatoms. The lowest BCUT2D eigenvalue weighted by Gasteiger charge is -2.11. The fourth-order valence-corrected chi connectivity index (χ4v) is 3.76. The van der Waals surface area contributed by atoms with Crippen LogP contribution in [0.3, 0.4) is 0 Å². The number of thiocarbonyl (C=S) groups is 1. The molecule has 1 aliphatic rings. The zero-order valence-corrected chi connectivity index (χ0v) is 17.2. The van der Waals surface area contributed by atoms with E-state index in [1.54, 1.807) is 6.08 Å². The third-order valence-corrected chi connectivity index (χ3v) is 5.16. The smallest absolute Gasteiger partial charge is 0.263 e. The van der Waals surface area contributed by atoms with Gasteiger partial charge in [-0.25, -0.2) is 0 Å². The molecule has 0 saturated carbocycles. The van der Waals surface area contributed by atoms with Crippen LogP contribution in [0.2, 0.25) is 0 Å². The second-order valence-electron chi connectivity index (χ2n) is 5.55. The van der Waals surface area contributed by atoms with E-state index < -0.39 is 0 Å². The molecule has 1 saturated heterocycles. The van der Waals surface area contributed by atoms with Gasteiger partial charge in [-0.3, -0.25) is 4.79 Å². The van der Waals surface area contributed by atoms with Crippen molar-refractivity contribution in [3.63, 3.8) is 0 Å². The van der Waals surface area contributed by atoms with Crippen LogP contribution < -0.4 is 14.8 Å². The highest BCUT2D eigenvalue weighted by Gasteiger charge is 2.22. The highest BCUT2D eigenvalue weighted by Crippen LogP contribution is 2.31. The van der Waals surface area contributed by atoms with Crippen molar-refractivity contribution < 1.29 is 14.3 Å². The standard InChI is InChI=1S/C19H16BrNO3S2/c1-12-3-2-4-15(9-12)23-7-8-24-16-6-5-14(20)10-13(16)11-17-18(22)21-19(25)26-17/h2-6,9-11H,7-8H2,1H3,(H,21,22,25)/b17-11-. The predicted molar refractivity (Wildman–Crippen MR) is 113 cm³/mol. The monoisotopic (exact) mass is 449 g/mol. The van der Waals surface area contributed by atoms with Crippen LogP contribution in [0.5, 0.6) is 11.5 Å². The zero-order valence-electron chi connectivity index (χ0n) is 14.0. The van der Waals surface area contributed by atoms with Crippen LogP contribution in [-0.2, 0) is 4.79 Å². The Morgan fingerprint density at radius 3 is 2.73 bits per heavy atom. The quantitative estimate of drug-likeness (QED) is 0.393. The van der Waals surface area contributed by atoms with Gasteiger partial charge < -0.3 is 14.8 Å². The van der Waals surface area contributed by atoms with E-state index in [2.05, 4.69) is 21.2 Å². The van der Waals surface area contributed by atoms with Crippen molar-refractivity contribution in [2.24, 2.45) is 0 Å². The van der Waals surface area contributed by atoms with Gasteiger partial charge in [0.2, 0.25) is 0 Å². The Bertz CT molecular complexity index is 883. The van der Waals surface area contributed by atoms with Crippen LogP contribution >= 0.6 is 39.9 Å². The number of hydrogen-bond donors (Lipinski definition) is 1. The molecular formula is C19H16BrNO3S2. The summed E-state index contributed by atoms with van der Waals surface area (Å²) < 4.78 is 12.9. The van der Waals surface area contributed by atoms with Crippen molar-refractivity contribution in [3.05, 3.63) is 63.0 Å². The van der Waals surface area contributed by atoms with E-state index in [0.29, 0.717) is 28.2 Å². The SMILES string of the molecule is Cc1cccc(OCCOc2ccc(Br)cc2/C=C2\SC(=S)NC2=O)c1. The Hall–Kier alpha value is -1.83. The van der Waals surface area contributed by atoms with Crippen molar-refractivity contribution >= 4 is 56.2 Å². The summed E-state index contributed by atoms with van der Waals surface area (Å²) in [6, 6.07) is 13.5. The number of ether oxygens (including phenoxy) is 2. The largest absolute Gasteiger partial charge is 0.490 e. The molecule has 3 rings (SSSR count). The fourth-order valence-electron chi connectivity index (χ4n) is 2.34. The lowest BCUT2D eigenvalue weighted by atomic mass is 10.2. The molecule has 1 aliphatic heterocycles. The van der Waals surface area contributed by atoms with Gasteiger partial charge in [0.25, 0.3) is 5.91 Å². The molecule has 1 heterocycles. The molecule has 1 N–H and O–H groups in total. The number of benzene rings is 2. The van der Waals surface area contributed by atoms with Crippen molar-refractivity contribution in [1.82, 2.24) is 5.32 Å². The first-order chi connectivity index (χ1) is 12.5. The molecule has 0 bridgehead atoms. The molecule has 2 aromatic carbocycles. The van der Waals surface area contributed by atoms with E-state index in [9.17, 15) is 4.79 Å². The normalized spacial score (nSPS) is 15.2. The second kappa shape index (κ2) is 8.70. The molecule has 0 aromatic heterocycles. The summed E-state index contributed by atoms with van der Waals surface area (Å²) in [6.07, 6.45) is 1.78. The third-order valence-electron chi connectivity index (χ3n) is 3.50. The summed E-state index contributed by atoms with van der Waals surface area (Å²) in [7, 11) is 0. The van der Waals surface area contributed by atoms with E-state index in [1.807, 2.05) is 49.4 Å². The number of rotatable bonds is 6. The minimum absolute atomic E-state index is 0.186. The molecule has 1 fully saturated rings. The Balaban J connectivity index is 1.65. The van der Waals surface area contributed by atoms with Crippen LogP contribution in [0.1, 0.15) is 11.1 Å². The molecule has 134 valence electrons. The van der Waals surface area contributed by atoms with E-state index in [1.165, 1.54) is 11.8 Å². The van der Waals surface area contributed by atoms with E-state index >= 15 is 0 Å². The van der Waals surface area contributed by atoms with E-state index in [-0.39, 0.29) is 5.91 Å². The summed E-state index contributed by atoms with van der Waals surface area (Å²) >= 11 is 9.72. The van der Waals surface area contributed by atoms with Gasteiger partial charge in [0.15, 0.2) is 0 Å². The highest BCUT2D eigenvalue weighted by atomic mass is 79.9. The second-order valence-corrected chi connectivity index (χ2v) is 8.18. The number of thioether (sulfide) groups is 1. The molecule has 26 heavy (non-hydrogen) atoms. The maximum Gasteiger partial charge on any atom is 0.263 e. The van der Waals surface area contributed by atoms with E-state index in [4.69, 9.17) is 21.7 Å². The van der Waals surface area contributed by atoms with Crippen LogP contribution in [0, 0.1) is 6.92 Å². The zero-order chi connectivity index (χ0) is 18.5. The molecule has 0 aliphatic carbocycles. The van der Waals surface area contributed by atoms with Gasteiger partial charge in [0.1, 0.15) is 29.0 Å². The Morgan fingerprint density at radius 2 is 2.00 bits per heavy atom. The number of hydrogen-bond acceptors (Lipinski definition) is 5. The molecule has 0 spiro atoms. The van der Waals surface area contributed by atoms with Gasteiger partial charge in [-0.1, -0.05) is 52.0 Å². The molecule has 0 unspecified atom stereocenters. The van der Waals surface area contributed by atoms with Crippen molar-refractivity contribution in [1.29, 1.82) is 0 Å². The minimum atomic E-state index is -0.186. The first kappa shape index (κ1) is 18.9. The molecule has 2 aromatic rings. The third kappa shape index (κ3) is 5.09. The number of carbonyl (C=O) groups is 1. The lowest BCUT2D eigenvalue weighted by Crippen LogP contribution is -2.17. The fraction of sp³-hybridized carbons (Fsp3) is 0.158. The number of halogens is 1. The van der Waals surface area contributed by atoms with Crippen molar-refractivity contribution in [2.45, 2.75) is 6.92 Å². The molecule has 0 atom stereocenters. The first-order valence-corrected chi connectivity index (χ1v) is 9.90. The number of nitrogens with one attached hydrogen (secondary N) is 1. The summed E-state index contributed by atoms with van der Waals surface area (Å²) in [6.45, 7) is 2.84. The molecular weight excluding hydrogens is 434 g/mol. The maximum absolute atomic E-state index is 11.9. The Morgan fingerprint density at radius 1 is 1.19 bits per heavy atom. The van der Waals surface area contributed by atoms with Crippen molar-refractivity contribution in [2.75, 3.05) is 13.2 Å². The van der Waals surface area contributed by atoms with Gasteiger partial charge in [0, 0.05) is 10.0 Å². The average Bonchev–Trinajstić information content (AvgIpc) is 2.90. The topological polar surface area (TPSA) is 47.6 Å². The van der Waals surface area contributed by atoms with Gasteiger partial charge in [-0.05, 0) is 48.9 Å². The first-order valence-electron chi connectivity index (χ1n) is 7.88. The average molecular weight is 450 g/mol. The number of amides is 1. The van der Waals surface area contributed by atoms with Crippen LogP contribution in [0.25, 0.3) is 6.08 Å². The number of aryl methyl sites for hydroxylation is 1. The highest BCUT2D eigenvalue weighted by molar-refractivity contribution is 9.10. The minimum Gasteiger partial charge on any atom is -0.490 e. The molecule has 4 nitrogen and oxygen atoms in total.